The smallest absolute Gasteiger partial charge is 0.282 e. The molecule has 0 radical (unpaired) electrons. The average molecular weight is 449 g/mol. The number of benzene rings is 3. The van der Waals surface area contributed by atoms with Crippen molar-refractivity contribution in [3.63, 3.8) is 0 Å². The Morgan fingerprint density at radius 3 is 2.34 bits per heavy atom. The maximum atomic E-state index is 13.6. The fraction of sp³-hybridized carbons (Fsp3) is 0.120. The first-order chi connectivity index (χ1) is 15.5. The zero-order valence-corrected chi connectivity index (χ0v) is 18.3. The van der Waals surface area contributed by atoms with Crippen molar-refractivity contribution in [3.05, 3.63) is 89.1 Å². The zero-order chi connectivity index (χ0) is 22.7. The highest BCUT2D eigenvalue weighted by Crippen LogP contribution is 2.38. The van der Waals surface area contributed by atoms with Crippen molar-refractivity contribution in [1.29, 1.82) is 0 Å². The second-order valence-electron chi connectivity index (χ2n) is 6.93. The van der Waals surface area contributed by atoms with Gasteiger partial charge in [-0.25, -0.2) is 4.90 Å². The molecule has 0 aliphatic carbocycles. The molecule has 162 valence electrons. The summed E-state index contributed by atoms with van der Waals surface area (Å²) in [5.41, 5.74) is 1.81. The van der Waals surface area contributed by atoms with Crippen molar-refractivity contribution in [2.24, 2.45) is 0 Å². The van der Waals surface area contributed by atoms with Gasteiger partial charge in [0, 0.05) is 10.6 Å². The van der Waals surface area contributed by atoms with Crippen LogP contribution in [0.5, 0.6) is 11.5 Å². The summed E-state index contributed by atoms with van der Waals surface area (Å²) in [6, 6.07) is 20.9. The monoisotopic (exact) mass is 448 g/mol. The molecule has 7 heteroatoms. The second kappa shape index (κ2) is 9.16. The van der Waals surface area contributed by atoms with E-state index in [9.17, 15) is 9.59 Å². The largest absolute Gasteiger partial charge is 0.496 e. The molecule has 0 saturated carbocycles. The lowest BCUT2D eigenvalue weighted by molar-refractivity contribution is -0.120. The molecule has 1 N–H and O–H groups in total. The summed E-state index contributed by atoms with van der Waals surface area (Å²) in [4.78, 5) is 28.2. The number of halogens is 1. The molecule has 0 saturated heterocycles. The number of carbonyl (C=O) groups excluding carboxylic acids is 2. The normalized spacial score (nSPS) is 13.5. The van der Waals surface area contributed by atoms with Crippen molar-refractivity contribution in [3.8, 4) is 11.5 Å². The third kappa shape index (κ3) is 3.92. The van der Waals surface area contributed by atoms with Crippen LogP contribution in [0, 0.1) is 0 Å². The van der Waals surface area contributed by atoms with Gasteiger partial charge in [-0.1, -0.05) is 48.0 Å². The lowest BCUT2D eigenvalue weighted by Gasteiger charge is -2.16. The molecule has 0 fully saturated rings. The Hall–Kier alpha value is -3.77. The third-order valence-electron chi connectivity index (χ3n) is 4.97. The minimum Gasteiger partial charge on any atom is -0.496 e. The van der Waals surface area contributed by atoms with E-state index < -0.39 is 11.8 Å². The molecule has 0 aromatic heterocycles. The molecule has 0 atom stereocenters. The van der Waals surface area contributed by atoms with Gasteiger partial charge in [-0.2, -0.15) is 0 Å². The van der Waals surface area contributed by atoms with Crippen LogP contribution in [0.15, 0.2) is 78.5 Å². The van der Waals surface area contributed by atoms with Crippen molar-refractivity contribution < 1.29 is 19.1 Å². The quantitative estimate of drug-likeness (QED) is 0.506. The Bertz CT molecular complexity index is 1220. The molecule has 4 rings (SSSR count). The molecule has 1 aliphatic rings. The number of nitrogens with zero attached hydrogens (tertiary/aromatic N) is 1. The predicted octanol–water partition coefficient (Wildman–Crippen LogP) is 5.14. The van der Waals surface area contributed by atoms with Gasteiger partial charge in [-0.15, -0.1) is 0 Å². The number of anilines is 2. The number of nitrogens with one attached hydrogen (secondary N) is 1. The number of imide groups is 1. The summed E-state index contributed by atoms with van der Waals surface area (Å²) in [6.45, 7) is 2.33. The fourth-order valence-corrected chi connectivity index (χ4v) is 3.77. The number of rotatable bonds is 7. The maximum absolute atomic E-state index is 13.6. The molecular weight excluding hydrogens is 428 g/mol. The zero-order valence-electron chi connectivity index (χ0n) is 17.6. The summed E-state index contributed by atoms with van der Waals surface area (Å²) in [6.07, 6.45) is 0. The van der Waals surface area contributed by atoms with E-state index in [1.807, 2.05) is 19.1 Å². The standard InChI is InChI=1S/C25H21ClN2O4/c1-3-32-21-14-7-5-12-19(21)27-23-22(18-11-4-6-13-20(18)31-2)24(29)28(25(23)30)17-10-8-9-16(26)15-17/h4-15,27H,3H2,1-2H3. The molecule has 0 bridgehead atoms. The summed E-state index contributed by atoms with van der Waals surface area (Å²) < 4.78 is 11.2. The van der Waals surface area contributed by atoms with E-state index in [2.05, 4.69) is 5.32 Å². The topological polar surface area (TPSA) is 67.9 Å². The third-order valence-corrected chi connectivity index (χ3v) is 5.21. The Balaban J connectivity index is 1.87. The number of carbonyl (C=O) groups is 2. The Kier molecular flexibility index (Phi) is 6.14. The first-order valence-corrected chi connectivity index (χ1v) is 10.4. The molecule has 0 unspecified atom stereocenters. The van der Waals surface area contributed by atoms with E-state index in [-0.39, 0.29) is 11.3 Å². The lowest BCUT2D eigenvalue weighted by Crippen LogP contribution is -2.32. The Labute approximate surface area is 191 Å². The molecule has 1 aliphatic heterocycles. The molecule has 6 nitrogen and oxygen atoms in total. The summed E-state index contributed by atoms with van der Waals surface area (Å²) in [7, 11) is 1.52. The molecule has 1 heterocycles. The summed E-state index contributed by atoms with van der Waals surface area (Å²) >= 11 is 6.13. The van der Waals surface area contributed by atoms with Gasteiger partial charge in [0.05, 0.1) is 30.7 Å². The summed E-state index contributed by atoms with van der Waals surface area (Å²) in [5, 5.41) is 3.56. The van der Waals surface area contributed by atoms with Crippen LogP contribution < -0.4 is 19.7 Å². The molecule has 32 heavy (non-hydrogen) atoms. The highest BCUT2D eigenvalue weighted by atomic mass is 35.5. The Morgan fingerprint density at radius 2 is 1.62 bits per heavy atom. The first-order valence-electron chi connectivity index (χ1n) is 10.1. The number of para-hydroxylation sites is 3. The van der Waals surface area contributed by atoms with Crippen LogP contribution in [0.25, 0.3) is 5.57 Å². The van der Waals surface area contributed by atoms with Crippen LogP contribution in [-0.4, -0.2) is 25.5 Å². The number of amides is 2. The van der Waals surface area contributed by atoms with E-state index in [0.717, 1.165) is 4.90 Å². The molecule has 3 aromatic carbocycles. The number of hydrogen-bond donors (Lipinski definition) is 1. The fourth-order valence-electron chi connectivity index (χ4n) is 3.58. The number of methoxy groups -OCH3 is 1. The van der Waals surface area contributed by atoms with Crippen LogP contribution in [0.1, 0.15) is 12.5 Å². The molecule has 2 amide bonds. The Morgan fingerprint density at radius 1 is 0.906 bits per heavy atom. The lowest BCUT2D eigenvalue weighted by atomic mass is 10.0. The van der Waals surface area contributed by atoms with Crippen molar-refractivity contribution in [2.75, 3.05) is 23.9 Å². The number of ether oxygens (including phenoxy) is 2. The van der Waals surface area contributed by atoms with Gasteiger partial charge in [0.15, 0.2) is 0 Å². The van der Waals surface area contributed by atoms with Gasteiger partial charge in [-0.05, 0) is 43.3 Å². The van der Waals surface area contributed by atoms with E-state index in [4.69, 9.17) is 21.1 Å². The minimum atomic E-state index is -0.496. The first kappa shape index (κ1) is 21.5. The van der Waals surface area contributed by atoms with E-state index in [1.54, 1.807) is 60.7 Å². The van der Waals surface area contributed by atoms with Crippen LogP contribution in [-0.2, 0) is 9.59 Å². The predicted molar refractivity (Wildman–Crippen MR) is 125 cm³/mol. The highest BCUT2D eigenvalue weighted by molar-refractivity contribution is 6.46. The van der Waals surface area contributed by atoms with Crippen molar-refractivity contribution >= 4 is 40.4 Å². The van der Waals surface area contributed by atoms with Gasteiger partial charge >= 0.3 is 0 Å². The van der Waals surface area contributed by atoms with E-state index >= 15 is 0 Å². The second-order valence-corrected chi connectivity index (χ2v) is 7.37. The van der Waals surface area contributed by atoms with E-state index in [1.165, 1.54) is 7.11 Å². The van der Waals surface area contributed by atoms with Gasteiger partial charge in [0.2, 0.25) is 0 Å². The highest BCUT2D eigenvalue weighted by Gasteiger charge is 2.41. The molecule has 0 spiro atoms. The van der Waals surface area contributed by atoms with Crippen molar-refractivity contribution in [2.45, 2.75) is 6.92 Å². The van der Waals surface area contributed by atoms with Crippen LogP contribution in [0.2, 0.25) is 5.02 Å². The van der Waals surface area contributed by atoms with Crippen LogP contribution >= 0.6 is 11.6 Å². The van der Waals surface area contributed by atoms with Gasteiger partial charge in [0.25, 0.3) is 11.8 Å². The van der Waals surface area contributed by atoms with Gasteiger partial charge < -0.3 is 14.8 Å². The van der Waals surface area contributed by atoms with Gasteiger partial charge in [-0.3, -0.25) is 9.59 Å². The van der Waals surface area contributed by atoms with Crippen molar-refractivity contribution in [1.82, 2.24) is 0 Å². The SMILES string of the molecule is CCOc1ccccc1NC1=C(c2ccccc2OC)C(=O)N(c2cccc(Cl)c2)C1=O. The molecular formula is C25H21ClN2O4. The molecule has 3 aromatic rings. The number of hydrogen-bond acceptors (Lipinski definition) is 5. The maximum Gasteiger partial charge on any atom is 0.282 e. The summed E-state index contributed by atoms with van der Waals surface area (Å²) in [5.74, 6) is 0.0833. The van der Waals surface area contributed by atoms with Gasteiger partial charge in [0.1, 0.15) is 17.2 Å². The van der Waals surface area contributed by atoms with E-state index in [0.29, 0.717) is 40.1 Å². The van der Waals surface area contributed by atoms with Crippen LogP contribution in [0.4, 0.5) is 11.4 Å². The average Bonchev–Trinajstić information content (AvgIpc) is 3.04. The minimum absolute atomic E-state index is 0.131. The van der Waals surface area contributed by atoms with Crippen LogP contribution in [0.3, 0.4) is 0 Å².